The van der Waals surface area contributed by atoms with Crippen LogP contribution in [0.2, 0.25) is 0 Å². The van der Waals surface area contributed by atoms with Crippen LogP contribution in [0.1, 0.15) is 22.7 Å². The monoisotopic (exact) mass is 256 g/mol. The van der Waals surface area contributed by atoms with Crippen molar-refractivity contribution in [2.75, 3.05) is 7.05 Å². The van der Waals surface area contributed by atoms with Gasteiger partial charge in [0.1, 0.15) is 0 Å². The fourth-order valence-corrected chi connectivity index (χ4v) is 2.12. The first-order valence-corrected chi connectivity index (χ1v) is 6.50. The van der Waals surface area contributed by atoms with Crippen molar-refractivity contribution in [3.63, 3.8) is 0 Å². The van der Waals surface area contributed by atoms with Gasteiger partial charge in [-0.15, -0.1) is 0 Å². The van der Waals surface area contributed by atoms with Gasteiger partial charge in [0.25, 0.3) is 0 Å². The summed E-state index contributed by atoms with van der Waals surface area (Å²) in [6.45, 7) is 5.05. The van der Waals surface area contributed by atoms with Crippen LogP contribution in [-0.2, 0) is 6.54 Å². The van der Waals surface area contributed by atoms with Crippen molar-refractivity contribution >= 4 is 0 Å². The van der Waals surface area contributed by atoms with Gasteiger partial charge in [0, 0.05) is 37.1 Å². The summed E-state index contributed by atoms with van der Waals surface area (Å²) in [5.41, 5.74) is 3.92. The van der Waals surface area contributed by atoms with Crippen LogP contribution < -0.4 is 10.7 Å². The smallest absolute Gasteiger partial charge is 0.181 e. The quantitative estimate of drug-likeness (QED) is 0.911. The lowest BCUT2D eigenvalue weighted by Crippen LogP contribution is -2.22. The Kier molecular flexibility index (Phi) is 4.17. The first kappa shape index (κ1) is 13.6. The van der Waals surface area contributed by atoms with Gasteiger partial charge in [0.15, 0.2) is 5.43 Å². The molecule has 2 rings (SSSR count). The van der Waals surface area contributed by atoms with Crippen LogP contribution in [0.25, 0.3) is 0 Å². The maximum atomic E-state index is 11.1. The van der Waals surface area contributed by atoms with Gasteiger partial charge in [0.2, 0.25) is 0 Å². The summed E-state index contributed by atoms with van der Waals surface area (Å²) in [6, 6.07) is 9.95. The van der Waals surface area contributed by atoms with Crippen LogP contribution in [0, 0.1) is 13.8 Å². The van der Waals surface area contributed by atoms with E-state index in [4.69, 9.17) is 0 Å². The van der Waals surface area contributed by atoms with Crippen molar-refractivity contribution in [2.45, 2.75) is 26.4 Å². The van der Waals surface area contributed by atoms with E-state index in [9.17, 15) is 4.79 Å². The summed E-state index contributed by atoms with van der Waals surface area (Å²) in [6.07, 6.45) is 3.65. The van der Waals surface area contributed by atoms with Gasteiger partial charge in [0.05, 0.1) is 0 Å². The molecule has 0 aliphatic rings. The minimum absolute atomic E-state index is 0.0449. The molecule has 1 N–H and O–H groups in total. The van der Waals surface area contributed by atoms with E-state index in [1.807, 2.05) is 24.0 Å². The highest BCUT2D eigenvalue weighted by molar-refractivity contribution is 5.31. The van der Waals surface area contributed by atoms with Gasteiger partial charge < -0.3 is 9.88 Å². The average molecular weight is 256 g/mol. The maximum Gasteiger partial charge on any atom is 0.181 e. The van der Waals surface area contributed by atoms with E-state index in [1.165, 1.54) is 16.7 Å². The predicted molar refractivity (Wildman–Crippen MR) is 78.4 cm³/mol. The van der Waals surface area contributed by atoms with Gasteiger partial charge in [-0.3, -0.25) is 4.79 Å². The number of pyridine rings is 1. The van der Waals surface area contributed by atoms with Crippen LogP contribution in [0.3, 0.4) is 0 Å². The Labute approximate surface area is 113 Å². The molecule has 19 heavy (non-hydrogen) atoms. The van der Waals surface area contributed by atoms with Gasteiger partial charge in [-0.1, -0.05) is 18.2 Å². The zero-order valence-electron chi connectivity index (χ0n) is 11.7. The molecule has 0 radical (unpaired) electrons. The van der Waals surface area contributed by atoms with Gasteiger partial charge in [-0.2, -0.15) is 0 Å². The third kappa shape index (κ3) is 3.32. The Morgan fingerprint density at radius 3 is 2.37 bits per heavy atom. The number of aromatic nitrogens is 1. The molecular formula is C16H20N2O. The Hall–Kier alpha value is -1.87. The molecule has 0 saturated carbocycles. The summed E-state index contributed by atoms with van der Waals surface area (Å²) >= 11 is 0. The molecule has 3 heteroatoms. The number of benzene rings is 1. The summed E-state index contributed by atoms with van der Waals surface area (Å²) in [4.78, 5) is 11.1. The lowest BCUT2D eigenvalue weighted by atomic mass is 10.0. The van der Waals surface area contributed by atoms with E-state index < -0.39 is 0 Å². The molecule has 1 heterocycles. The van der Waals surface area contributed by atoms with E-state index in [0.29, 0.717) is 0 Å². The first-order chi connectivity index (χ1) is 9.10. The fourth-order valence-electron chi connectivity index (χ4n) is 2.12. The van der Waals surface area contributed by atoms with Crippen molar-refractivity contribution < 1.29 is 0 Å². The van der Waals surface area contributed by atoms with Crippen molar-refractivity contribution in [1.29, 1.82) is 0 Å². The predicted octanol–water partition coefficient (Wildman–Crippen LogP) is 2.43. The molecule has 0 fully saturated rings. The zero-order chi connectivity index (χ0) is 13.8. The second kappa shape index (κ2) is 5.85. The van der Waals surface area contributed by atoms with E-state index in [0.717, 1.165) is 6.54 Å². The summed E-state index contributed by atoms with van der Waals surface area (Å²) in [5, 5.41) is 3.33. The molecule has 0 spiro atoms. The number of hydrogen-bond acceptors (Lipinski definition) is 2. The molecule has 100 valence electrons. The molecule has 0 amide bonds. The Morgan fingerprint density at radius 2 is 1.79 bits per heavy atom. The highest BCUT2D eigenvalue weighted by Gasteiger charge is 2.10. The molecule has 1 aromatic carbocycles. The average Bonchev–Trinajstić information content (AvgIpc) is 2.41. The Morgan fingerprint density at radius 1 is 1.11 bits per heavy atom. The van der Waals surface area contributed by atoms with Gasteiger partial charge in [-0.05, 0) is 37.6 Å². The lowest BCUT2D eigenvalue weighted by Gasteiger charge is -2.19. The van der Waals surface area contributed by atoms with Gasteiger partial charge >= 0.3 is 0 Å². The highest BCUT2D eigenvalue weighted by atomic mass is 16.1. The number of nitrogens with zero attached hydrogens (tertiary/aromatic N) is 1. The maximum absolute atomic E-state index is 11.1. The molecule has 0 aliphatic heterocycles. The van der Waals surface area contributed by atoms with E-state index >= 15 is 0 Å². The van der Waals surface area contributed by atoms with Gasteiger partial charge in [-0.25, -0.2) is 0 Å². The number of nitrogens with one attached hydrogen (secondary N) is 1. The molecular weight excluding hydrogens is 236 g/mol. The molecule has 1 unspecified atom stereocenters. The second-order valence-corrected chi connectivity index (χ2v) is 4.92. The molecule has 3 nitrogen and oxygen atoms in total. The minimum atomic E-state index is 0.0449. The zero-order valence-corrected chi connectivity index (χ0v) is 11.7. The van der Waals surface area contributed by atoms with Crippen molar-refractivity contribution in [2.24, 2.45) is 0 Å². The van der Waals surface area contributed by atoms with Crippen molar-refractivity contribution in [3.05, 3.63) is 69.6 Å². The summed E-state index contributed by atoms with van der Waals surface area (Å²) in [7, 11) is 1.96. The van der Waals surface area contributed by atoms with Crippen LogP contribution in [0.5, 0.6) is 0 Å². The molecule has 1 atom stereocenters. The summed E-state index contributed by atoms with van der Waals surface area (Å²) in [5.74, 6) is 0. The normalized spacial score (nSPS) is 12.4. The summed E-state index contributed by atoms with van der Waals surface area (Å²) < 4.78 is 2.03. The largest absolute Gasteiger partial charge is 0.352 e. The fraction of sp³-hybridized carbons (Fsp3) is 0.312. The number of likely N-dealkylation sites (N-methyl/N-ethyl adjacent to an activating group) is 1. The minimum Gasteiger partial charge on any atom is -0.352 e. The molecule has 1 aromatic heterocycles. The van der Waals surface area contributed by atoms with E-state index in [-0.39, 0.29) is 11.5 Å². The first-order valence-electron chi connectivity index (χ1n) is 6.50. The third-order valence-corrected chi connectivity index (χ3v) is 3.54. The lowest BCUT2D eigenvalue weighted by molar-refractivity contribution is 0.498. The van der Waals surface area contributed by atoms with E-state index in [1.54, 1.807) is 12.1 Å². The third-order valence-electron chi connectivity index (χ3n) is 3.54. The molecule has 0 saturated heterocycles. The molecule has 0 bridgehead atoms. The van der Waals surface area contributed by atoms with Crippen molar-refractivity contribution in [3.8, 4) is 0 Å². The second-order valence-electron chi connectivity index (χ2n) is 4.92. The number of aryl methyl sites for hydroxylation is 2. The molecule has 2 aromatic rings. The van der Waals surface area contributed by atoms with Crippen LogP contribution in [0.15, 0.2) is 47.5 Å². The SMILES string of the molecule is CNC(Cn1ccc(=O)cc1)c1ccc(C)c(C)c1. The highest BCUT2D eigenvalue weighted by Crippen LogP contribution is 2.18. The Bertz CT molecular complexity index is 596. The van der Waals surface area contributed by atoms with E-state index in [2.05, 4.69) is 37.4 Å². The topological polar surface area (TPSA) is 34.0 Å². The van der Waals surface area contributed by atoms with Crippen LogP contribution >= 0.6 is 0 Å². The standard InChI is InChI=1S/C16H20N2O/c1-12-4-5-14(10-13(12)2)16(17-3)11-18-8-6-15(19)7-9-18/h4-10,16-17H,11H2,1-3H3. The molecule has 0 aliphatic carbocycles. The Balaban J connectivity index is 2.22. The number of hydrogen-bond donors (Lipinski definition) is 1. The van der Waals surface area contributed by atoms with Crippen molar-refractivity contribution in [1.82, 2.24) is 9.88 Å². The van der Waals surface area contributed by atoms with Crippen LogP contribution in [0.4, 0.5) is 0 Å². The number of rotatable bonds is 4. The van der Waals surface area contributed by atoms with Crippen LogP contribution in [-0.4, -0.2) is 11.6 Å².